The van der Waals surface area contributed by atoms with Gasteiger partial charge in [-0.15, -0.1) is 0 Å². The van der Waals surface area contributed by atoms with Gasteiger partial charge in [0.05, 0.1) is 11.9 Å². The highest BCUT2D eigenvalue weighted by atomic mass is 35.5. The first-order valence-corrected chi connectivity index (χ1v) is 7.54. The second-order valence-corrected chi connectivity index (χ2v) is 6.46. The van der Waals surface area contributed by atoms with E-state index in [1.165, 1.54) is 4.68 Å². The van der Waals surface area contributed by atoms with Gasteiger partial charge >= 0.3 is 0 Å². The van der Waals surface area contributed by atoms with Gasteiger partial charge in [-0.3, -0.25) is 4.79 Å². The molecule has 2 unspecified atom stereocenters. The summed E-state index contributed by atoms with van der Waals surface area (Å²) in [6.45, 7) is 8.41. The lowest BCUT2D eigenvalue weighted by atomic mass is 10.0. The summed E-state index contributed by atoms with van der Waals surface area (Å²) in [5.74, 6) is 0.806. The fraction of sp³-hybridized carbons (Fsp3) is 0.714. The summed E-state index contributed by atoms with van der Waals surface area (Å²) in [4.78, 5) is 14.3. The van der Waals surface area contributed by atoms with Crippen molar-refractivity contribution >= 4 is 17.3 Å². The van der Waals surface area contributed by atoms with E-state index in [2.05, 4.69) is 10.00 Å². The molecule has 20 heavy (non-hydrogen) atoms. The molecule has 0 amide bonds. The van der Waals surface area contributed by atoms with Crippen LogP contribution in [0.1, 0.15) is 27.2 Å². The first-order chi connectivity index (χ1) is 9.40. The van der Waals surface area contributed by atoms with Crippen LogP contribution in [0.4, 0.5) is 5.69 Å². The van der Waals surface area contributed by atoms with E-state index in [4.69, 9.17) is 17.3 Å². The molecule has 112 valence electrons. The molecule has 1 aromatic heterocycles. The molecule has 1 aromatic rings. The van der Waals surface area contributed by atoms with E-state index in [1.54, 1.807) is 6.20 Å². The third-order valence-corrected chi connectivity index (χ3v) is 4.17. The predicted molar refractivity (Wildman–Crippen MR) is 82.3 cm³/mol. The van der Waals surface area contributed by atoms with Gasteiger partial charge in [0.15, 0.2) is 0 Å². The Labute approximate surface area is 124 Å². The molecule has 0 saturated carbocycles. The zero-order valence-corrected chi connectivity index (χ0v) is 13.1. The summed E-state index contributed by atoms with van der Waals surface area (Å²) in [7, 11) is 0. The minimum absolute atomic E-state index is 0.160. The van der Waals surface area contributed by atoms with Crippen molar-refractivity contribution in [3.8, 4) is 0 Å². The molecule has 0 aromatic carbocycles. The van der Waals surface area contributed by atoms with E-state index < -0.39 is 0 Å². The maximum absolute atomic E-state index is 12.2. The van der Waals surface area contributed by atoms with Crippen molar-refractivity contribution in [2.24, 2.45) is 17.6 Å². The topological polar surface area (TPSA) is 64.2 Å². The Morgan fingerprint density at radius 3 is 2.75 bits per heavy atom. The maximum atomic E-state index is 12.2. The second kappa shape index (κ2) is 6.14. The van der Waals surface area contributed by atoms with E-state index >= 15 is 0 Å². The Bertz CT molecular complexity index is 526. The molecule has 2 atom stereocenters. The van der Waals surface area contributed by atoms with Crippen LogP contribution < -0.4 is 16.2 Å². The van der Waals surface area contributed by atoms with E-state index in [0.29, 0.717) is 18.4 Å². The molecule has 2 rings (SSSR count). The van der Waals surface area contributed by atoms with Gasteiger partial charge in [0.2, 0.25) is 0 Å². The summed E-state index contributed by atoms with van der Waals surface area (Å²) in [6, 6.07) is 0.160. The van der Waals surface area contributed by atoms with Crippen molar-refractivity contribution in [3.63, 3.8) is 0 Å². The number of anilines is 1. The zero-order valence-electron chi connectivity index (χ0n) is 12.3. The molecule has 1 fully saturated rings. The summed E-state index contributed by atoms with van der Waals surface area (Å²) in [6.07, 6.45) is 2.73. The number of rotatable bonds is 4. The maximum Gasteiger partial charge on any atom is 0.287 e. The van der Waals surface area contributed by atoms with Gasteiger partial charge in [-0.05, 0) is 25.2 Å². The SMILES string of the molecule is CC(C)Cn1ncc(N2CCC(C(C)N)C2)c(Cl)c1=O. The van der Waals surface area contributed by atoms with Crippen molar-refractivity contribution in [3.05, 3.63) is 21.6 Å². The van der Waals surface area contributed by atoms with Crippen LogP contribution in [0.5, 0.6) is 0 Å². The van der Waals surface area contributed by atoms with Crippen molar-refractivity contribution in [1.29, 1.82) is 0 Å². The number of halogens is 1. The standard InChI is InChI=1S/C14H23ClN4O/c1-9(2)7-19-14(20)13(15)12(6-17-19)18-5-4-11(8-18)10(3)16/h6,9-11H,4-5,7-8,16H2,1-3H3. The normalized spacial score (nSPS) is 20.7. The van der Waals surface area contributed by atoms with Gasteiger partial charge < -0.3 is 10.6 Å². The van der Waals surface area contributed by atoms with Gasteiger partial charge in [-0.1, -0.05) is 25.4 Å². The summed E-state index contributed by atoms with van der Waals surface area (Å²) >= 11 is 6.24. The van der Waals surface area contributed by atoms with E-state index in [9.17, 15) is 4.79 Å². The zero-order chi connectivity index (χ0) is 14.9. The number of nitrogens with zero attached hydrogens (tertiary/aromatic N) is 3. The predicted octanol–water partition coefficient (Wildman–Crippen LogP) is 1.73. The van der Waals surface area contributed by atoms with Crippen LogP contribution >= 0.6 is 11.6 Å². The molecule has 0 radical (unpaired) electrons. The third-order valence-electron chi connectivity index (χ3n) is 3.81. The highest BCUT2D eigenvalue weighted by Crippen LogP contribution is 2.28. The second-order valence-electron chi connectivity index (χ2n) is 6.08. The molecule has 0 aliphatic carbocycles. The van der Waals surface area contributed by atoms with Gasteiger partial charge in [-0.2, -0.15) is 5.10 Å². The Morgan fingerprint density at radius 1 is 1.50 bits per heavy atom. The molecule has 1 aliphatic heterocycles. The number of hydrogen-bond acceptors (Lipinski definition) is 4. The Hall–Kier alpha value is -1.07. The minimum atomic E-state index is -0.206. The van der Waals surface area contributed by atoms with Crippen LogP contribution in [0, 0.1) is 11.8 Å². The van der Waals surface area contributed by atoms with Crippen LogP contribution in [-0.4, -0.2) is 28.9 Å². The molecule has 6 heteroatoms. The highest BCUT2D eigenvalue weighted by molar-refractivity contribution is 6.33. The molecule has 1 aliphatic rings. The number of hydrogen-bond donors (Lipinski definition) is 1. The average Bonchev–Trinajstić information content (AvgIpc) is 2.84. The minimum Gasteiger partial charge on any atom is -0.369 e. The van der Waals surface area contributed by atoms with Gasteiger partial charge in [-0.25, -0.2) is 4.68 Å². The lowest BCUT2D eigenvalue weighted by Crippen LogP contribution is -2.32. The van der Waals surface area contributed by atoms with Crippen molar-refractivity contribution in [1.82, 2.24) is 9.78 Å². The van der Waals surface area contributed by atoms with Crippen molar-refractivity contribution in [2.75, 3.05) is 18.0 Å². The molecule has 0 spiro atoms. The number of nitrogens with two attached hydrogens (primary N) is 1. The van der Waals surface area contributed by atoms with Crippen LogP contribution in [0.2, 0.25) is 5.02 Å². The summed E-state index contributed by atoms with van der Waals surface area (Å²) < 4.78 is 1.44. The molecule has 5 nitrogen and oxygen atoms in total. The van der Waals surface area contributed by atoms with E-state index in [1.807, 2.05) is 20.8 Å². The fourth-order valence-electron chi connectivity index (χ4n) is 2.59. The molecule has 0 bridgehead atoms. The van der Waals surface area contributed by atoms with Crippen LogP contribution in [0.15, 0.2) is 11.0 Å². The van der Waals surface area contributed by atoms with Crippen LogP contribution in [-0.2, 0) is 6.54 Å². The monoisotopic (exact) mass is 298 g/mol. The largest absolute Gasteiger partial charge is 0.369 e. The molecular formula is C14H23ClN4O. The summed E-state index contributed by atoms with van der Waals surface area (Å²) in [5, 5.41) is 4.51. The van der Waals surface area contributed by atoms with Crippen LogP contribution in [0.3, 0.4) is 0 Å². The fourth-order valence-corrected chi connectivity index (χ4v) is 2.85. The molecule has 2 N–H and O–H groups in total. The molecule has 1 saturated heterocycles. The smallest absolute Gasteiger partial charge is 0.287 e. The van der Waals surface area contributed by atoms with Crippen molar-refractivity contribution < 1.29 is 0 Å². The van der Waals surface area contributed by atoms with Crippen LogP contribution in [0.25, 0.3) is 0 Å². The highest BCUT2D eigenvalue weighted by Gasteiger charge is 2.27. The molecule has 2 heterocycles. The first kappa shape index (κ1) is 15.3. The van der Waals surface area contributed by atoms with E-state index in [-0.39, 0.29) is 16.6 Å². The lowest BCUT2D eigenvalue weighted by Gasteiger charge is -2.21. The van der Waals surface area contributed by atoms with E-state index in [0.717, 1.165) is 25.2 Å². The lowest BCUT2D eigenvalue weighted by molar-refractivity contribution is 0.463. The average molecular weight is 299 g/mol. The summed E-state index contributed by atoms with van der Waals surface area (Å²) in [5.41, 5.74) is 6.47. The van der Waals surface area contributed by atoms with Gasteiger partial charge in [0.1, 0.15) is 5.02 Å². The first-order valence-electron chi connectivity index (χ1n) is 7.16. The van der Waals surface area contributed by atoms with Gasteiger partial charge in [0.25, 0.3) is 5.56 Å². The molecular weight excluding hydrogens is 276 g/mol. The van der Waals surface area contributed by atoms with Crippen molar-refractivity contribution in [2.45, 2.75) is 39.8 Å². The Kier molecular flexibility index (Phi) is 4.70. The van der Waals surface area contributed by atoms with Gasteiger partial charge in [0, 0.05) is 25.7 Å². The Morgan fingerprint density at radius 2 is 2.20 bits per heavy atom. The third kappa shape index (κ3) is 3.15. The quantitative estimate of drug-likeness (QED) is 0.919. The number of aromatic nitrogens is 2. The Balaban J connectivity index is 2.22.